The average molecular weight is 706 g/mol. The van der Waals surface area contributed by atoms with Gasteiger partial charge in [0.25, 0.3) is 11.1 Å². The van der Waals surface area contributed by atoms with Gasteiger partial charge in [-0.2, -0.15) is 0 Å². The zero-order valence-electron chi connectivity index (χ0n) is 24.2. The Balaban J connectivity index is 1.53. The molecule has 5 aromatic rings. The molecule has 0 saturated carbocycles. The Morgan fingerprint density at radius 2 is 1.96 bits per heavy atom. The first-order valence-electron chi connectivity index (χ1n) is 13.7. The summed E-state index contributed by atoms with van der Waals surface area (Å²) in [6.45, 7) is 3.62. The Labute approximate surface area is 272 Å². The molecule has 2 aromatic carbocycles. The summed E-state index contributed by atoms with van der Waals surface area (Å²) < 4.78 is 19.5. The highest BCUT2D eigenvalue weighted by Gasteiger charge is 2.35. The topological polar surface area (TPSA) is 129 Å². The largest absolute Gasteiger partial charge is 0.497 e. The molecule has 0 saturated heterocycles. The number of fused-ring (bicyclic) bond motifs is 1. The lowest BCUT2D eigenvalue weighted by Gasteiger charge is -2.26. The minimum Gasteiger partial charge on any atom is -0.497 e. The van der Waals surface area contributed by atoms with Gasteiger partial charge in [0.05, 0.1) is 40.0 Å². The van der Waals surface area contributed by atoms with E-state index in [4.69, 9.17) is 18.9 Å². The molecule has 0 unspecified atom stereocenters. The van der Waals surface area contributed by atoms with Gasteiger partial charge in [0.1, 0.15) is 11.5 Å². The van der Waals surface area contributed by atoms with Crippen LogP contribution in [0.4, 0.5) is 0 Å². The molecule has 0 bridgehead atoms. The molecule has 3 aromatic heterocycles. The number of aromatic amines is 1. The van der Waals surface area contributed by atoms with Crippen LogP contribution >= 0.6 is 39.0 Å². The number of hydrogen-bond donors (Lipinski definition) is 1. The van der Waals surface area contributed by atoms with Crippen LogP contribution in [-0.2, 0) is 9.53 Å². The number of carbonyl (C=O) groups is 1. The van der Waals surface area contributed by atoms with Crippen molar-refractivity contribution in [2.75, 3.05) is 13.7 Å². The number of nitrogens with one attached hydrogen (secondary N) is 1. The predicted molar refractivity (Wildman–Crippen MR) is 174 cm³/mol. The van der Waals surface area contributed by atoms with Gasteiger partial charge in [-0.15, -0.1) is 0 Å². The van der Waals surface area contributed by atoms with E-state index in [-0.39, 0.29) is 23.3 Å². The number of hydrogen-bond acceptors (Lipinski definition) is 10. The predicted octanol–water partition coefficient (Wildman–Crippen LogP) is 4.84. The summed E-state index contributed by atoms with van der Waals surface area (Å²) in [5, 5.41) is 0.826. The number of rotatable bonds is 8. The van der Waals surface area contributed by atoms with Gasteiger partial charge in [-0.3, -0.25) is 14.2 Å². The van der Waals surface area contributed by atoms with E-state index in [1.54, 1.807) is 45.2 Å². The second-order valence-corrected chi connectivity index (χ2v) is 12.6. The van der Waals surface area contributed by atoms with Crippen molar-refractivity contribution in [3.8, 4) is 5.75 Å². The summed E-state index contributed by atoms with van der Waals surface area (Å²) in [6, 6.07) is 18.9. The zero-order valence-corrected chi connectivity index (χ0v) is 27.4. The third-order valence-corrected chi connectivity index (χ3v) is 9.48. The fourth-order valence-electron chi connectivity index (χ4n) is 4.89. The molecule has 0 fully saturated rings. The van der Waals surface area contributed by atoms with Crippen LogP contribution in [0.3, 0.4) is 0 Å². The highest BCUT2D eigenvalue weighted by atomic mass is 79.9. The number of esters is 1. The maximum absolute atomic E-state index is 14.2. The van der Waals surface area contributed by atoms with Crippen LogP contribution < -0.4 is 25.2 Å². The highest BCUT2D eigenvalue weighted by Crippen LogP contribution is 2.37. The number of H-pyrrole nitrogens is 1. The first kappa shape index (κ1) is 30.6. The minimum absolute atomic E-state index is 0.152. The lowest BCUT2D eigenvalue weighted by molar-refractivity contribution is -0.138. The fraction of sp³-hybridized carbons (Fsp3) is 0.156. The number of thiazole rings is 1. The number of carbonyl (C=O) groups excluding carboxylic acids is 1. The van der Waals surface area contributed by atoms with Gasteiger partial charge in [-0.25, -0.2) is 14.8 Å². The van der Waals surface area contributed by atoms with E-state index in [9.17, 15) is 14.4 Å². The molecule has 10 nitrogen and oxygen atoms in total. The van der Waals surface area contributed by atoms with E-state index >= 15 is 0 Å². The first-order chi connectivity index (χ1) is 21.7. The van der Waals surface area contributed by atoms with Crippen LogP contribution in [0.15, 0.2) is 106 Å². The number of aromatic nitrogens is 3. The fourth-order valence-corrected chi connectivity index (χ4v) is 7.24. The molecule has 6 rings (SSSR count). The molecule has 1 atom stereocenters. The maximum atomic E-state index is 14.2. The molecule has 13 heteroatoms. The quantitative estimate of drug-likeness (QED) is 0.180. The Kier molecular flexibility index (Phi) is 8.74. The summed E-state index contributed by atoms with van der Waals surface area (Å²) in [5.41, 5.74) is 2.00. The van der Waals surface area contributed by atoms with Gasteiger partial charge in [-0.05, 0) is 65.3 Å². The molecule has 0 aliphatic carbocycles. The molecule has 45 heavy (non-hydrogen) atoms. The van der Waals surface area contributed by atoms with Crippen LogP contribution in [-0.4, -0.2) is 34.2 Å². The van der Waals surface area contributed by atoms with Crippen molar-refractivity contribution in [2.24, 2.45) is 4.99 Å². The second-order valence-electron chi connectivity index (χ2n) is 9.79. The number of nitrogens with zero attached hydrogens (tertiary/aromatic N) is 3. The minimum atomic E-state index is -0.841. The Bertz CT molecular complexity index is 2200. The SMILES string of the molecule is CCOC(=O)C1=C(c2ccccc2)N=c2s/c(=C/c3cc(Br)c(Sc4nc(C)cc(=O)[nH]4)o3)c(=O)n2[C@H]1c1cccc(OC)c1. The van der Waals surface area contributed by atoms with Crippen molar-refractivity contribution in [3.05, 3.63) is 129 Å². The van der Waals surface area contributed by atoms with Crippen LogP contribution in [0.5, 0.6) is 5.75 Å². The Morgan fingerprint density at radius 3 is 2.69 bits per heavy atom. The van der Waals surface area contributed by atoms with Gasteiger partial charge >= 0.3 is 5.97 Å². The summed E-state index contributed by atoms with van der Waals surface area (Å²) in [7, 11) is 1.56. The summed E-state index contributed by atoms with van der Waals surface area (Å²) in [6.07, 6.45) is 1.63. The van der Waals surface area contributed by atoms with Crippen molar-refractivity contribution < 1.29 is 18.7 Å². The molecule has 0 spiro atoms. The van der Waals surface area contributed by atoms with Gasteiger partial charge < -0.3 is 18.9 Å². The molecular formula is C32H25BrN4O6S2. The van der Waals surface area contributed by atoms with Gasteiger partial charge in [0.2, 0.25) is 0 Å². The molecule has 1 N–H and O–H groups in total. The molecular weight excluding hydrogens is 680 g/mol. The summed E-state index contributed by atoms with van der Waals surface area (Å²) >= 11 is 5.83. The van der Waals surface area contributed by atoms with Gasteiger partial charge in [-0.1, -0.05) is 53.8 Å². The van der Waals surface area contributed by atoms with Gasteiger partial charge in [0.15, 0.2) is 15.1 Å². The number of aryl methyl sites for hydroxylation is 1. The van der Waals surface area contributed by atoms with E-state index in [0.717, 1.165) is 11.8 Å². The molecule has 4 heterocycles. The first-order valence-corrected chi connectivity index (χ1v) is 16.2. The average Bonchev–Trinajstić information content (AvgIpc) is 3.53. The van der Waals surface area contributed by atoms with E-state index in [0.29, 0.717) is 58.1 Å². The number of benzene rings is 2. The normalized spacial score (nSPS) is 14.7. The van der Waals surface area contributed by atoms with Crippen molar-refractivity contribution in [2.45, 2.75) is 30.1 Å². The number of halogens is 1. The van der Waals surface area contributed by atoms with Crippen molar-refractivity contribution in [3.63, 3.8) is 0 Å². The van der Waals surface area contributed by atoms with E-state index in [2.05, 4.69) is 25.9 Å². The van der Waals surface area contributed by atoms with Gasteiger partial charge in [0, 0.05) is 23.4 Å². The number of ether oxygens (including phenoxy) is 2. The maximum Gasteiger partial charge on any atom is 0.338 e. The monoisotopic (exact) mass is 704 g/mol. The molecule has 228 valence electrons. The van der Waals surface area contributed by atoms with E-state index in [1.165, 1.54) is 22.0 Å². The van der Waals surface area contributed by atoms with Crippen LogP contribution in [0, 0.1) is 6.92 Å². The number of methoxy groups -OCH3 is 1. The molecule has 1 aliphatic rings. The lowest BCUT2D eigenvalue weighted by atomic mass is 9.93. The van der Waals surface area contributed by atoms with E-state index in [1.807, 2.05) is 42.5 Å². The molecule has 1 aliphatic heterocycles. The third kappa shape index (κ3) is 6.23. The smallest absolute Gasteiger partial charge is 0.338 e. The second kappa shape index (κ2) is 12.9. The molecule has 0 radical (unpaired) electrons. The van der Waals surface area contributed by atoms with Crippen molar-refractivity contribution in [1.29, 1.82) is 0 Å². The Morgan fingerprint density at radius 1 is 1.16 bits per heavy atom. The van der Waals surface area contributed by atoms with Crippen LogP contribution in [0.1, 0.15) is 35.5 Å². The van der Waals surface area contributed by atoms with Crippen molar-refractivity contribution in [1.82, 2.24) is 14.5 Å². The van der Waals surface area contributed by atoms with E-state index < -0.39 is 12.0 Å². The highest BCUT2D eigenvalue weighted by molar-refractivity contribution is 9.10. The standard InChI is InChI=1S/C32H25BrN4O6S2/c1-4-42-29(40)25-26(18-9-6-5-7-10-18)36-32-37(27(25)19-11-8-12-20(14-19)41-3)28(39)23(44-32)16-21-15-22(33)30(43-21)45-31-34-17(2)13-24(38)35-31/h5-16,27H,4H2,1-3H3,(H,34,35,38)/b23-16+/t27-/m0/s1. The summed E-state index contributed by atoms with van der Waals surface area (Å²) in [5.74, 6) is 0.406. The van der Waals surface area contributed by atoms with Crippen molar-refractivity contribution >= 4 is 56.8 Å². The Hall–Kier alpha value is -4.46. The molecule has 0 amide bonds. The third-order valence-electron chi connectivity index (χ3n) is 6.77. The zero-order chi connectivity index (χ0) is 31.7. The number of furan rings is 1. The lowest BCUT2D eigenvalue weighted by Crippen LogP contribution is -2.40. The summed E-state index contributed by atoms with van der Waals surface area (Å²) in [4.78, 5) is 52.0. The van der Waals surface area contributed by atoms with Crippen LogP contribution in [0.2, 0.25) is 0 Å². The van der Waals surface area contributed by atoms with Crippen LogP contribution in [0.25, 0.3) is 11.8 Å².